The minimum atomic E-state index is -4.45. The van der Waals surface area contributed by atoms with Crippen molar-refractivity contribution in [2.45, 2.75) is 12.6 Å². The number of aromatic nitrogens is 4. The van der Waals surface area contributed by atoms with Gasteiger partial charge in [-0.1, -0.05) is 11.6 Å². The minimum absolute atomic E-state index is 0.0752. The smallest absolute Gasteiger partial charge is 0.368 e. The van der Waals surface area contributed by atoms with Gasteiger partial charge in [-0.05, 0) is 6.07 Å². The maximum atomic E-state index is 12.4. The summed E-state index contributed by atoms with van der Waals surface area (Å²) in [7, 11) is 1.75. The van der Waals surface area contributed by atoms with Crippen LogP contribution in [-0.2, 0) is 19.6 Å². The predicted molar refractivity (Wildman–Crippen MR) is 67.4 cm³/mol. The van der Waals surface area contributed by atoms with Crippen molar-refractivity contribution < 1.29 is 13.2 Å². The summed E-state index contributed by atoms with van der Waals surface area (Å²) < 4.78 is 38.9. The molecule has 0 atom stereocenters. The summed E-state index contributed by atoms with van der Waals surface area (Å²) in [5.41, 5.74) is -0.876. The van der Waals surface area contributed by atoms with Crippen LogP contribution in [-0.4, -0.2) is 26.3 Å². The Morgan fingerprint density at radius 1 is 1.35 bits per heavy atom. The first-order valence-corrected chi connectivity index (χ1v) is 6.05. The molecule has 5 nitrogen and oxygen atoms in total. The summed E-state index contributed by atoms with van der Waals surface area (Å²) in [6.45, 7) is 0.419. The van der Waals surface area contributed by atoms with E-state index < -0.39 is 11.7 Å². The Balaban J connectivity index is 1.96. The average Bonchev–Trinajstić information content (AvgIpc) is 2.76. The Kier molecular flexibility index (Phi) is 4.12. The number of alkyl halides is 3. The van der Waals surface area contributed by atoms with Crippen LogP contribution in [0.3, 0.4) is 0 Å². The van der Waals surface area contributed by atoms with Crippen LogP contribution < -0.4 is 5.32 Å². The van der Waals surface area contributed by atoms with Crippen LogP contribution >= 0.6 is 11.6 Å². The van der Waals surface area contributed by atoms with Crippen molar-refractivity contribution in [1.82, 2.24) is 19.7 Å². The van der Waals surface area contributed by atoms with Crippen LogP contribution in [0.25, 0.3) is 0 Å². The van der Waals surface area contributed by atoms with E-state index in [1.54, 1.807) is 18.1 Å². The zero-order chi connectivity index (χ0) is 14.8. The van der Waals surface area contributed by atoms with Gasteiger partial charge in [-0.25, -0.2) is 9.97 Å². The number of hydrogen-bond donors (Lipinski definition) is 1. The highest BCUT2D eigenvalue weighted by atomic mass is 35.5. The van der Waals surface area contributed by atoms with Gasteiger partial charge in [0.15, 0.2) is 5.82 Å². The van der Waals surface area contributed by atoms with Gasteiger partial charge >= 0.3 is 6.18 Å². The second-order valence-electron chi connectivity index (χ2n) is 4.06. The van der Waals surface area contributed by atoms with Crippen molar-refractivity contribution in [3.8, 4) is 0 Å². The lowest BCUT2D eigenvalue weighted by atomic mass is 10.2. The molecule has 0 aliphatic rings. The fraction of sp³-hybridized carbons (Fsp3) is 0.364. The Hall–Kier alpha value is -1.83. The van der Waals surface area contributed by atoms with Gasteiger partial charge in [-0.15, -0.1) is 0 Å². The van der Waals surface area contributed by atoms with Crippen LogP contribution in [0.5, 0.6) is 0 Å². The topological polar surface area (TPSA) is 55.6 Å². The molecule has 0 unspecified atom stereocenters. The van der Waals surface area contributed by atoms with Crippen LogP contribution in [0.4, 0.5) is 19.0 Å². The molecule has 0 saturated heterocycles. The molecule has 0 bridgehead atoms. The van der Waals surface area contributed by atoms with Crippen molar-refractivity contribution in [2.75, 3.05) is 11.9 Å². The third-order valence-electron chi connectivity index (χ3n) is 2.46. The summed E-state index contributed by atoms with van der Waals surface area (Å²) in [6, 6.07) is 0.843. The average molecular weight is 306 g/mol. The van der Waals surface area contributed by atoms with E-state index in [0.717, 1.165) is 12.3 Å². The van der Waals surface area contributed by atoms with Gasteiger partial charge in [0.25, 0.3) is 0 Å². The zero-order valence-corrected chi connectivity index (χ0v) is 11.2. The number of aryl methyl sites for hydroxylation is 1. The number of pyridine rings is 1. The summed E-state index contributed by atoms with van der Waals surface area (Å²) in [5.74, 6) is 0.832. The Bertz CT molecular complexity index is 596. The minimum Gasteiger partial charge on any atom is -0.368 e. The summed E-state index contributed by atoms with van der Waals surface area (Å²) in [5, 5.41) is 6.85. The SMILES string of the molecule is Cn1cnc(CCNc2ncc(C(F)(F)F)cc2Cl)n1. The fourth-order valence-corrected chi connectivity index (χ4v) is 1.75. The summed E-state index contributed by atoms with van der Waals surface area (Å²) in [4.78, 5) is 7.70. The van der Waals surface area contributed by atoms with E-state index in [0.29, 0.717) is 18.8 Å². The molecule has 0 spiro atoms. The Morgan fingerprint density at radius 2 is 2.10 bits per heavy atom. The van der Waals surface area contributed by atoms with Gasteiger partial charge in [-0.2, -0.15) is 18.3 Å². The monoisotopic (exact) mass is 305 g/mol. The van der Waals surface area contributed by atoms with Crippen molar-refractivity contribution in [3.05, 3.63) is 35.0 Å². The molecule has 2 heterocycles. The number of nitrogens with one attached hydrogen (secondary N) is 1. The number of rotatable bonds is 4. The quantitative estimate of drug-likeness (QED) is 0.943. The normalized spacial score (nSPS) is 11.7. The third kappa shape index (κ3) is 3.60. The van der Waals surface area contributed by atoms with Crippen molar-refractivity contribution in [1.29, 1.82) is 0 Å². The molecule has 0 radical (unpaired) electrons. The standard InChI is InChI=1S/C11H11ClF3N5/c1-20-6-18-9(19-20)2-3-16-10-8(12)4-7(5-17-10)11(13,14)15/h4-6H,2-3H2,1H3,(H,16,17). The van der Waals surface area contributed by atoms with Crippen molar-refractivity contribution in [2.24, 2.45) is 7.05 Å². The predicted octanol–water partition coefficient (Wildman–Crippen LogP) is 2.54. The number of nitrogens with zero attached hydrogens (tertiary/aromatic N) is 4. The second-order valence-corrected chi connectivity index (χ2v) is 4.47. The molecule has 2 aromatic heterocycles. The van der Waals surface area contributed by atoms with E-state index >= 15 is 0 Å². The van der Waals surface area contributed by atoms with Gasteiger partial charge in [-0.3, -0.25) is 4.68 Å². The van der Waals surface area contributed by atoms with Crippen LogP contribution in [0.15, 0.2) is 18.6 Å². The molecule has 20 heavy (non-hydrogen) atoms. The fourth-order valence-electron chi connectivity index (χ4n) is 1.51. The Labute approximate surface area is 117 Å². The maximum Gasteiger partial charge on any atom is 0.417 e. The summed E-state index contributed by atoms with van der Waals surface area (Å²) >= 11 is 5.76. The molecule has 9 heteroatoms. The van der Waals surface area contributed by atoms with Crippen LogP contribution in [0.2, 0.25) is 5.02 Å². The molecule has 2 aromatic rings. The lowest BCUT2D eigenvalue weighted by Crippen LogP contribution is -2.10. The van der Waals surface area contributed by atoms with Gasteiger partial charge in [0.1, 0.15) is 12.1 Å². The largest absolute Gasteiger partial charge is 0.417 e. The molecule has 0 aliphatic heterocycles. The van der Waals surface area contributed by atoms with Crippen molar-refractivity contribution in [3.63, 3.8) is 0 Å². The molecule has 0 aromatic carbocycles. The first-order chi connectivity index (χ1) is 9.36. The molecule has 0 amide bonds. The van der Waals surface area contributed by atoms with E-state index in [9.17, 15) is 13.2 Å². The van der Waals surface area contributed by atoms with Gasteiger partial charge < -0.3 is 5.32 Å². The first kappa shape index (κ1) is 14.6. The van der Waals surface area contributed by atoms with Gasteiger partial charge in [0.05, 0.1) is 10.6 Å². The van der Waals surface area contributed by atoms with Crippen molar-refractivity contribution >= 4 is 17.4 Å². The second kappa shape index (κ2) is 5.66. The lowest BCUT2D eigenvalue weighted by molar-refractivity contribution is -0.137. The zero-order valence-electron chi connectivity index (χ0n) is 10.4. The van der Waals surface area contributed by atoms with E-state index in [1.807, 2.05) is 0 Å². The lowest BCUT2D eigenvalue weighted by Gasteiger charge is -2.10. The molecule has 1 N–H and O–H groups in total. The molecular weight excluding hydrogens is 295 g/mol. The Morgan fingerprint density at radius 3 is 2.65 bits per heavy atom. The number of anilines is 1. The van der Waals surface area contributed by atoms with Gasteiger partial charge in [0.2, 0.25) is 0 Å². The van der Waals surface area contributed by atoms with Gasteiger partial charge in [0, 0.05) is 26.2 Å². The van der Waals surface area contributed by atoms with E-state index in [-0.39, 0.29) is 10.8 Å². The molecule has 0 aliphatic carbocycles. The molecule has 0 fully saturated rings. The summed E-state index contributed by atoms with van der Waals surface area (Å²) in [6.07, 6.45) is -1.63. The molecular formula is C11H11ClF3N5. The van der Waals surface area contributed by atoms with Crippen LogP contribution in [0.1, 0.15) is 11.4 Å². The molecule has 108 valence electrons. The third-order valence-corrected chi connectivity index (χ3v) is 2.74. The first-order valence-electron chi connectivity index (χ1n) is 5.67. The number of halogens is 4. The van der Waals surface area contributed by atoms with E-state index in [1.165, 1.54) is 0 Å². The molecule has 0 saturated carbocycles. The van der Waals surface area contributed by atoms with E-state index in [4.69, 9.17) is 11.6 Å². The van der Waals surface area contributed by atoms with Crippen LogP contribution in [0, 0.1) is 0 Å². The number of hydrogen-bond acceptors (Lipinski definition) is 4. The highest BCUT2D eigenvalue weighted by Crippen LogP contribution is 2.32. The maximum absolute atomic E-state index is 12.4. The molecule has 2 rings (SSSR count). The highest BCUT2D eigenvalue weighted by Gasteiger charge is 2.31. The highest BCUT2D eigenvalue weighted by molar-refractivity contribution is 6.32. The van der Waals surface area contributed by atoms with E-state index in [2.05, 4.69) is 20.4 Å².